The summed E-state index contributed by atoms with van der Waals surface area (Å²) in [7, 11) is 0. The van der Waals surface area contributed by atoms with Crippen LogP contribution in [-0.4, -0.2) is 35.1 Å². The number of rotatable bonds is 5. The van der Waals surface area contributed by atoms with Gasteiger partial charge in [0.1, 0.15) is 6.10 Å². The molecule has 1 saturated carbocycles. The van der Waals surface area contributed by atoms with E-state index in [0.29, 0.717) is 17.9 Å². The van der Waals surface area contributed by atoms with Gasteiger partial charge in [-0.3, -0.25) is 4.79 Å². The maximum absolute atomic E-state index is 12.7. The van der Waals surface area contributed by atoms with Crippen molar-refractivity contribution >= 4 is 12.0 Å². The summed E-state index contributed by atoms with van der Waals surface area (Å²) in [6, 6.07) is 4.76. The number of ether oxygens (including phenoxy) is 1. The summed E-state index contributed by atoms with van der Waals surface area (Å²) in [5, 5.41) is 2.70. The number of hydrogen-bond donors (Lipinski definition) is 1. The minimum atomic E-state index is -4.38. The Labute approximate surface area is 193 Å². The molecule has 1 spiro atoms. The molecule has 3 fully saturated rings. The molecule has 182 valence electrons. The van der Waals surface area contributed by atoms with Crippen molar-refractivity contribution < 1.29 is 27.5 Å². The van der Waals surface area contributed by atoms with Crippen LogP contribution in [0.15, 0.2) is 24.3 Å². The number of alkyl halides is 3. The van der Waals surface area contributed by atoms with Crippen molar-refractivity contribution in [2.45, 2.75) is 89.1 Å². The second-order valence-corrected chi connectivity index (χ2v) is 9.73. The number of alkyl carbamates (subject to hydrolysis) is 1. The maximum atomic E-state index is 12.7. The summed E-state index contributed by atoms with van der Waals surface area (Å²) in [5.41, 5.74) is -0.212. The number of halogens is 3. The standard InChI is InChI=1S/C25H33F3N2O3/c1-2-5-19-20-6-3-7-22(31)30-15-4-13-24(20,30)14-12-21(19)33-23(32)29-16-17-8-10-18(11-9-17)25(26,27)28/h8-11,19-21H,2-7,12-16H2,1H3,(H,29,32)/t19-,20+,21+,24-/m1/s1. The number of carbonyl (C=O) groups is 2. The monoisotopic (exact) mass is 466 g/mol. The predicted octanol–water partition coefficient (Wildman–Crippen LogP) is 5.67. The van der Waals surface area contributed by atoms with Gasteiger partial charge >= 0.3 is 12.3 Å². The lowest BCUT2D eigenvalue weighted by molar-refractivity contribution is -0.141. The van der Waals surface area contributed by atoms with Gasteiger partial charge in [-0.2, -0.15) is 13.2 Å². The molecule has 2 saturated heterocycles. The van der Waals surface area contributed by atoms with Crippen LogP contribution in [0.25, 0.3) is 0 Å². The van der Waals surface area contributed by atoms with Gasteiger partial charge in [-0.25, -0.2) is 4.79 Å². The normalized spacial score (nSPS) is 29.8. The summed E-state index contributed by atoms with van der Waals surface area (Å²) in [6.07, 6.45) is 2.97. The molecule has 3 aliphatic rings. The van der Waals surface area contributed by atoms with Crippen LogP contribution in [0.5, 0.6) is 0 Å². The van der Waals surface area contributed by atoms with Crippen molar-refractivity contribution in [2.24, 2.45) is 11.8 Å². The van der Waals surface area contributed by atoms with E-state index < -0.39 is 17.8 Å². The highest BCUT2D eigenvalue weighted by Crippen LogP contribution is 2.53. The topological polar surface area (TPSA) is 58.6 Å². The minimum absolute atomic E-state index is 0.0794. The van der Waals surface area contributed by atoms with Gasteiger partial charge in [0.05, 0.1) is 5.56 Å². The van der Waals surface area contributed by atoms with E-state index in [0.717, 1.165) is 70.0 Å². The summed E-state index contributed by atoms with van der Waals surface area (Å²) < 4.78 is 44.1. The minimum Gasteiger partial charge on any atom is -0.446 e. The molecule has 1 N–H and O–H groups in total. The van der Waals surface area contributed by atoms with Crippen LogP contribution in [0, 0.1) is 11.8 Å². The quantitative estimate of drug-likeness (QED) is 0.608. The molecule has 0 unspecified atom stereocenters. The van der Waals surface area contributed by atoms with E-state index in [1.807, 2.05) is 0 Å². The third-order valence-corrected chi connectivity index (χ3v) is 7.88. The zero-order valence-electron chi connectivity index (χ0n) is 19.1. The molecule has 0 radical (unpaired) electrons. The predicted molar refractivity (Wildman–Crippen MR) is 117 cm³/mol. The molecule has 2 aliphatic heterocycles. The molecule has 2 heterocycles. The molecule has 1 aliphatic carbocycles. The fourth-order valence-corrected chi connectivity index (χ4v) is 6.49. The molecule has 0 aromatic heterocycles. The van der Waals surface area contributed by atoms with Crippen LogP contribution in [0.3, 0.4) is 0 Å². The summed E-state index contributed by atoms with van der Waals surface area (Å²) in [6.45, 7) is 3.09. The number of hydrogen-bond acceptors (Lipinski definition) is 3. The first-order valence-electron chi connectivity index (χ1n) is 12.2. The van der Waals surface area contributed by atoms with Crippen LogP contribution >= 0.6 is 0 Å². The van der Waals surface area contributed by atoms with Gasteiger partial charge < -0.3 is 15.0 Å². The van der Waals surface area contributed by atoms with E-state index in [-0.39, 0.29) is 30.0 Å². The Kier molecular flexibility index (Phi) is 6.91. The Morgan fingerprint density at radius 1 is 1.18 bits per heavy atom. The second-order valence-electron chi connectivity index (χ2n) is 9.73. The van der Waals surface area contributed by atoms with Gasteiger partial charge in [-0.1, -0.05) is 25.5 Å². The smallest absolute Gasteiger partial charge is 0.416 e. The molecule has 4 atom stereocenters. The van der Waals surface area contributed by atoms with Gasteiger partial charge in [-0.15, -0.1) is 0 Å². The number of amides is 2. The number of benzene rings is 1. The van der Waals surface area contributed by atoms with Gasteiger partial charge in [0.15, 0.2) is 0 Å². The van der Waals surface area contributed by atoms with Crippen molar-refractivity contribution in [3.63, 3.8) is 0 Å². The lowest BCUT2D eigenvalue weighted by atomic mass is 9.62. The Balaban J connectivity index is 1.40. The molecule has 1 aromatic rings. The molecular formula is C25H33F3N2O3. The summed E-state index contributed by atoms with van der Waals surface area (Å²) in [5.74, 6) is 0.832. The third-order valence-electron chi connectivity index (χ3n) is 7.88. The average Bonchev–Trinajstić information content (AvgIpc) is 3.14. The molecule has 33 heavy (non-hydrogen) atoms. The fourth-order valence-electron chi connectivity index (χ4n) is 6.49. The molecule has 0 bridgehead atoms. The summed E-state index contributed by atoms with van der Waals surface area (Å²) in [4.78, 5) is 27.5. The van der Waals surface area contributed by atoms with Crippen LogP contribution in [0.4, 0.5) is 18.0 Å². The molecule has 1 aromatic carbocycles. The summed E-state index contributed by atoms with van der Waals surface area (Å²) >= 11 is 0. The number of nitrogens with one attached hydrogen (secondary N) is 1. The van der Waals surface area contributed by atoms with Crippen LogP contribution in [-0.2, 0) is 22.3 Å². The van der Waals surface area contributed by atoms with Gasteiger partial charge in [0.2, 0.25) is 5.91 Å². The third kappa shape index (κ3) is 4.85. The van der Waals surface area contributed by atoms with Crippen molar-refractivity contribution in [1.29, 1.82) is 0 Å². The van der Waals surface area contributed by atoms with Crippen molar-refractivity contribution in [2.75, 3.05) is 6.54 Å². The Bertz CT molecular complexity index is 857. The van der Waals surface area contributed by atoms with Gasteiger partial charge in [-0.05, 0) is 68.6 Å². The first kappa shape index (κ1) is 23.9. The van der Waals surface area contributed by atoms with Crippen LogP contribution < -0.4 is 5.32 Å². The highest BCUT2D eigenvalue weighted by atomic mass is 19.4. The van der Waals surface area contributed by atoms with Gasteiger partial charge in [0, 0.05) is 31.0 Å². The highest BCUT2D eigenvalue weighted by Gasteiger charge is 2.56. The Morgan fingerprint density at radius 2 is 1.94 bits per heavy atom. The van der Waals surface area contributed by atoms with E-state index in [2.05, 4.69) is 17.1 Å². The molecule has 2 amide bonds. The van der Waals surface area contributed by atoms with Crippen LogP contribution in [0.1, 0.15) is 75.8 Å². The molecule has 4 rings (SSSR count). The Hall–Kier alpha value is -2.25. The Morgan fingerprint density at radius 3 is 2.64 bits per heavy atom. The lowest BCUT2D eigenvalue weighted by Gasteiger charge is -2.52. The van der Waals surface area contributed by atoms with Crippen molar-refractivity contribution in [3.8, 4) is 0 Å². The number of carbonyl (C=O) groups excluding carboxylic acids is 2. The highest BCUT2D eigenvalue weighted by molar-refractivity contribution is 5.78. The maximum Gasteiger partial charge on any atom is 0.416 e. The van der Waals surface area contributed by atoms with Crippen LogP contribution in [0.2, 0.25) is 0 Å². The fraction of sp³-hybridized carbons (Fsp3) is 0.680. The first-order valence-corrected chi connectivity index (χ1v) is 12.2. The number of nitrogens with zero attached hydrogens (tertiary/aromatic N) is 1. The first-order chi connectivity index (χ1) is 15.7. The zero-order chi connectivity index (χ0) is 23.6. The molecular weight excluding hydrogens is 433 g/mol. The molecule has 5 nitrogen and oxygen atoms in total. The average molecular weight is 467 g/mol. The van der Waals surface area contributed by atoms with Gasteiger partial charge in [0.25, 0.3) is 0 Å². The van der Waals surface area contributed by atoms with Crippen molar-refractivity contribution in [1.82, 2.24) is 10.2 Å². The SMILES string of the molecule is CCC[C@H]1[C@@H](OC(=O)NCc2ccc(C(F)(F)F)cc2)CC[C@@]23CCCN2C(=O)CCC[C@@H]13. The van der Waals surface area contributed by atoms with E-state index in [9.17, 15) is 22.8 Å². The van der Waals surface area contributed by atoms with Crippen molar-refractivity contribution in [3.05, 3.63) is 35.4 Å². The second kappa shape index (κ2) is 9.55. The lowest BCUT2D eigenvalue weighted by Crippen LogP contribution is -2.58. The van der Waals surface area contributed by atoms with E-state index in [1.54, 1.807) is 0 Å². The van der Waals surface area contributed by atoms with E-state index in [4.69, 9.17) is 4.74 Å². The zero-order valence-corrected chi connectivity index (χ0v) is 19.1. The van der Waals surface area contributed by atoms with E-state index >= 15 is 0 Å². The van der Waals surface area contributed by atoms with E-state index in [1.165, 1.54) is 12.1 Å². The molecule has 8 heteroatoms. The largest absolute Gasteiger partial charge is 0.446 e.